The summed E-state index contributed by atoms with van der Waals surface area (Å²) in [6.45, 7) is 7.26. The van der Waals surface area contributed by atoms with Crippen molar-refractivity contribution >= 4 is 11.0 Å². The van der Waals surface area contributed by atoms with Crippen LogP contribution in [0.15, 0.2) is 48.5 Å². The summed E-state index contributed by atoms with van der Waals surface area (Å²) in [6, 6.07) is 16.5. The molecule has 0 saturated heterocycles. The fraction of sp³-hybridized carbons (Fsp3) is 0.316. The van der Waals surface area contributed by atoms with Gasteiger partial charge in [0.05, 0.1) is 11.0 Å². The van der Waals surface area contributed by atoms with E-state index in [9.17, 15) is 0 Å². The number of imidazole rings is 1. The number of rotatable bonds is 5. The lowest BCUT2D eigenvalue weighted by molar-refractivity contribution is 0.187. The summed E-state index contributed by atoms with van der Waals surface area (Å²) >= 11 is 0. The summed E-state index contributed by atoms with van der Waals surface area (Å²) < 4.78 is 8.47. The quantitative estimate of drug-likeness (QED) is 0.669. The summed E-state index contributed by atoms with van der Waals surface area (Å²) in [5, 5.41) is 0. The van der Waals surface area contributed by atoms with Gasteiger partial charge < -0.3 is 9.30 Å². The van der Waals surface area contributed by atoms with Gasteiger partial charge in [-0.3, -0.25) is 0 Å². The summed E-state index contributed by atoms with van der Waals surface area (Å²) in [6.07, 6.45) is 0.853. The molecule has 3 aromatic rings. The van der Waals surface area contributed by atoms with Crippen LogP contribution in [0.4, 0.5) is 0 Å². The van der Waals surface area contributed by atoms with E-state index in [4.69, 9.17) is 9.72 Å². The number of hydrogen-bond acceptors (Lipinski definition) is 2. The summed E-state index contributed by atoms with van der Waals surface area (Å²) in [7, 11) is 0. The van der Waals surface area contributed by atoms with Crippen LogP contribution in [0.25, 0.3) is 11.0 Å². The molecule has 0 radical (unpaired) electrons. The summed E-state index contributed by atoms with van der Waals surface area (Å²) in [5.41, 5.74) is 3.41. The van der Waals surface area contributed by atoms with Crippen molar-refractivity contribution < 1.29 is 4.74 Å². The number of para-hydroxylation sites is 2. The van der Waals surface area contributed by atoms with Crippen LogP contribution in [0.5, 0.6) is 5.75 Å². The van der Waals surface area contributed by atoms with Crippen molar-refractivity contribution in [3.05, 3.63) is 59.9 Å². The van der Waals surface area contributed by atoms with Crippen molar-refractivity contribution in [2.45, 2.75) is 39.8 Å². The highest BCUT2D eigenvalue weighted by molar-refractivity contribution is 5.76. The maximum atomic E-state index is 6.22. The topological polar surface area (TPSA) is 27.1 Å². The van der Waals surface area contributed by atoms with E-state index in [-0.39, 0.29) is 6.10 Å². The first-order chi connectivity index (χ1) is 10.7. The summed E-state index contributed by atoms with van der Waals surface area (Å²) in [5.74, 6) is 1.91. The van der Waals surface area contributed by atoms with Crippen LogP contribution in [0, 0.1) is 6.92 Å². The molecule has 2 aromatic carbocycles. The van der Waals surface area contributed by atoms with Crippen LogP contribution >= 0.6 is 0 Å². The molecule has 0 spiro atoms. The second-order valence-electron chi connectivity index (χ2n) is 5.53. The lowest BCUT2D eigenvalue weighted by Gasteiger charge is -2.18. The Kier molecular flexibility index (Phi) is 4.14. The van der Waals surface area contributed by atoms with Crippen molar-refractivity contribution in [2.75, 3.05) is 0 Å². The molecule has 0 N–H and O–H groups in total. The Bertz CT molecular complexity index is 776. The van der Waals surface area contributed by atoms with Crippen molar-refractivity contribution in [3.63, 3.8) is 0 Å². The Balaban J connectivity index is 2.00. The lowest BCUT2D eigenvalue weighted by atomic mass is 10.2. The fourth-order valence-electron chi connectivity index (χ4n) is 2.84. The largest absolute Gasteiger partial charge is 0.483 e. The van der Waals surface area contributed by atoms with Gasteiger partial charge in [0.15, 0.2) is 11.9 Å². The van der Waals surface area contributed by atoms with Crippen molar-refractivity contribution in [3.8, 4) is 5.75 Å². The Labute approximate surface area is 131 Å². The molecule has 3 rings (SSSR count). The van der Waals surface area contributed by atoms with E-state index in [0.717, 1.165) is 30.1 Å². The molecule has 0 aliphatic carbocycles. The number of benzene rings is 2. The predicted octanol–water partition coefficient (Wildman–Crippen LogP) is 4.89. The third-order valence-corrected chi connectivity index (χ3v) is 3.93. The highest BCUT2D eigenvalue weighted by Gasteiger charge is 2.19. The number of aromatic nitrogens is 2. The first-order valence-electron chi connectivity index (χ1n) is 7.91. The molecule has 1 aromatic heterocycles. The van der Waals surface area contributed by atoms with E-state index in [1.165, 1.54) is 11.1 Å². The van der Waals surface area contributed by atoms with E-state index in [0.29, 0.717) is 0 Å². The number of nitrogens with zero attached hydrogens (tertiary/aromatic N) is 2. The van der Waals surface area contributed by atoms with Gasteiger partial charge in [-0.15, -0.1) is 0 Å². The monoisotopic (exact) mass is 294 g/mol. The molecule has 0 aliphatic heterocycles. The molecular weight excluding hydrogens is 272 g/mol. The highest BCUT2D eigenvalue weighted by Crippen LogP contribution is 2.27. The summed E-state index contributed by atoms with van der Waals surface area (Å²) in [4.78, 5) is 4.81. The van der Waals surface area contributed by atoms with Gasteiger partial charge in [-0.05, 0) is 50.1 Å². The van der Waals surface area contributed by atoms with Crippen LogP contribution in [-0.2, 0) is 6.54 Å². The van der Waals surface area contributed by atoms with Gasteiger partial charge in [0.25, 0.3) is 0 Å². The molecule has 114 valence electrons. The molecule has 1 atom stereocenters. The standard InChI is InChI=1S/C19H22N2O/c1-4-18(22-15-10-8-9-14(3)13-15)19-20-16-11-6-7-12-17(16)21(19)5-2/h6-13,18H,4-5H2,1-3H3/t18-/m1/s1. The van der Waals surface area contributed by atoms with E-state index >= 15 is 0 Å². The smallest absolute Gasteiger partial charge is 0.156 e. The Morgan fingerprint density at radius 2 is 1.91 bits per heavy atom. The zero-order valence-electron chi connectivity index (χ0n) is 13.4. The molecule has 3 heteroatoms. The van der Waals surface area contributed by atoms with E-state index < -0.39 is 0 Å². The van der Waals surface area contributed by atoms with Crippen molar-refractivity contribution in [2.24, 2.45) is 0 Å². The van der Waals surface area contributed by atoms with Gasteiger partial charge in [0.1, 0.15) is 5.75 Å². The van der Waals surface area contributed by atoms with E-state index in [2.05, 4.69) is 55.7 Å². The lowest BCUT2D eigenvalue weighted by Crippen LogP contribution is -2.13. The number of aryl methyl sites for hydroxylation is 2. The SMILES string of the molecule is CC[C@@H](Oc1cccc(C)c1)c1nc2ccccc2n1CC. The Morgan fingerprint density at radius 1 is 1.09 bits per heavy atom. The van der Waals surface area contributed by atoms with Gasteiger partial charge in [-0.25, -0.2) is 4.98 Å². The Hall–Kier alpha value is -2.29. The van der Waals surface area contributed by atoms with Crippen LogP contribution < -0.4 is 4.74 Å². The molecule has 0 amide bonds. The van der Waals surface area contributed by atoms with Crippen LogP contribution in [0.1, 0.15) is 37.8 Å². The zero-order valence-corrected chi connectivity index (χ0v) is 13.4. The Morgan fingerprint density at radius 3 is 2.64 bits per heavy atom. The number of ether oxygens (including phenoxy) is 1. The van der Waals surface area contributed by atoms with E-state index in [1.54, 1.807) is 0 Å². The maximum absolute atomic E-state index is 6.22. The molecule has 0 fully saturated rings. The molecule has 3 nitrogen and oxygen atoms in total. The second-order valence-corrected chi connectivity index (χ2v) is 5.53. The number of hydrogen-bond donors (Lipinski definition) is 0. The molecule has 1 heterocycles. The highest BCUT2D eigenvalue weighted by atomic mass is 16.5. The van der Waals surface area contributed by atoms with E-state index in [1.807, 2.05) is 18.2 Å². The minimum Gasteiger partial charge on any atom is -0.483 e. The number of fused-ring (bicyclic) bond motifs is 1. The molecular formula is C19H22N2O. The van der Waals surface area contributed by atoms with Crippen molar-refractivity contribution in [1.29, 1.82) is 0 Å². The van der Waals surface area contributed by atoms with Crippen LogP contribution in [0.2, 0.25) is 0 Å². The minimum atomic E-state index is -0.0332. The molecule has 22 heavy (non-hydrogen) atoms. The van der Waals surface area contributed by atoms with Gasteiger partial charge in [-0.2, -0.15) is 0 Å². The van der Waals surface area contributed by atoms with Crippen LogP contribution in [-0.4, -0.2) is 9.55 Å². The predicted molar refractivity (Wildman–Crippen MR) is 90.2 cm³/mol. The van der Waals surface area contributed by atoms with Gasteiger partial charge in [-0.1, -0.05) is 31.2 Å². The molecule has 0 aliphatic rings. The normalized spacial score (nSPS) is 12.5. The average molecular weight is 294 g/mol. The minimum absolute atomic E-state index is 0.0332. The van der Waals surface area contributed by atoms with Crippen molar-refractivity contribution in [1.82, 2.24) is 9.55 Å². The first-order valence-corrected chi connectivity index (χ1v) is 7.91. The molecule has 0 bridgehead atoms. The molecule has 0 unspecified atom stereocenters. The maximum Gasteiger partial charge on any atom is 0.156 e. The third kappa shape index (κ3) is 2.71. The van der Waals surface area contributed by atoms with Gasteiger partial charge in [0, 0.05) is 6.54 Å². The fourth-order valence-corrected chi connectivity index (χ4v) is 2.84. The third-order valence-electron chi connectivity index (χ3n) is 3.93. The molecule has 0 saturated carbocycles. The van der Waals surface area contributed by atoms with Gasteiger partial charge >= 0.3 is 0 Å². The first kappa shape index (κ1) is 14.6. The second kappa shape index (κ2) is 6.22. The van der Waals surface area contributed by atoms with Gasteiger partial charge in [0.2, 0.25) is 0 Å². The average Bonchev–Trinajstić information content (AvgIpc) is 2.91. The zero-order chi connectivity index (χ0) is 15.5. The van der Waals surface area contributed by atoms with Crippen LogP contribution in [0.3, 0.4) is 0 Å².